The summed E-state index contributed by atoms with van der Waals surface area (Å²) in [4.78, 5) is 23.2. The zero-order valence-electron chi connectivity index (χ0n) is 13.0. The third-order valence-electron chi connectivity index (χ3n) is 4.42. The van der Waals surface area contributed by atoms with Gasteiger partial charge in [-0.3, -0.25) is 9.59 Å². The van der Waals surface area contributed by atoms with E-state index in [-0.39, 0.29) is 11.8 Å². The van der Waals surface area contributed by atoms with Crippen LogP contribution in [0.1, 0.15) is 24.2 Å². The van der Waals surface area contributed by atoms with Crippen molar-refractivity contribution in [2.45, 2.75) is 32.4 Å². The van der Waals surface area contributed by atoms with Crippen molar-refractivity contribution in [3.8, 4) is 0 Å². The Kier molecular flexibility index (Phi) is 4.34. The smallest absolute Gasteiger partial charge is 0.320 e. The Morgan fingerprint density at radius 2 is 2.13 bits per heavy atom. The van der Waals surface area contributed by atoms with Gasteiger partial charge in [-0.1, -0.05) is 18.2 Å². The zero-order valence-corrected chi connectivity index (χ0v) is 13.0. The van der Waals surface area contributed by atoms with Crippen molar-refractivity contribution in [2.75, 3.05) is 6.54 Å². The van der Waals surface area contributed by atoms with E-state index in [0.717, 1.165) is 22.3 Å². The van der Waals surface area contributed by atoms with E-state index in [2.05, 4.69) is 10.6 Å². The van der Waals surface area contributed by atoms with Crippen LogP contribution in [0.5, 0.6) is 0 Å². The van der Waals surface area contributed by atoms with Gasteiger partial charge in [0.15, 0.2) is 0 Å². The minimum Gasteiger partial charge on any atom is -0.480 e. The fourth-order valence-electron chi connectivity index (χ4n) is 3.05. The standard InChI is InChI=1S/C17H20N2O4/c1-10-13(12-4-2-3-5-15(12)23-10)9-19-16(20)11-6-7-14(17(21)22)18-8-11/h2-5,11,14,18H,6-9H2,1H3,(H,19,20)(H,21,22). The van der Waals surface area contributed by atoms with Gasteiger partial charge in [-0.25, -0.2) is 0 Å². The fourth-order valence-corrected chi connectivity index (χ4v) is 3.05. The number of para-hydroxylation sites is 1. The molecule has 0 bridgehead atoms. The van der Waals surface area contributed by atoms with Crippen molar-refractivity contribution >= 4 is 22.8 Å². The fraction of sp³-hybridized carbons (Fsp3) is 0.412. The monoisotopic (exact) mass is 316 g/mol. The van der Waals surface area contributed by atoms with Gasteiger partial charge in [0.05, 0.1) is 5.92 Å². The van der Waals surface area contributed by atoms with Crippen LogP contribution in [0.3, 0.4) is 0 Å². The van der Waals surface area contributed by atoms with Gasteiger partial charge in [-0.05, 0) is 25.8 Å². The number of benzene rings is 1. The summed E-state index contributed by atoms with van der Waals surface area (Å²) in [5.74, 6) is -0.293. The van der Waals surface area contributed by atoms with Gasteiger partial charge in [0.2, 0.25) is 5.91 Å². The number of aryl methyl sites for hydroxylation is 1. The molecule has 1 aromatic heterocycles. The number of hydrogen-bond acceptors (Lipinski definition) is 4. The highest BCUT2D eigenvalue weighted by atomic mass is 16.4. The van der Waals surface area contributed by atoms with Gasteiger partial charge < -0.3 is 20.2 Å². The first-order valence-corrected chi connectivity index (χ1v) is 7.77. The molecule has 6 nitrogen and oxygen atoms in total. The molecule has 1 saturated heterocycles. The molecule has 2 aromatic rings. The summed E-state index contributed by atoms with van der Waals surface area (Å²) in [6.45, 7) is 2.70. The Balaban J connectivity index is 1.61. The lowest BCUT2D eigenvalue weighted by molar-refractivity contribution is -0.141. The van der Waals surface area contributed by atoms with E-state index in [0.29, 0.717) is 25.9 Å². The Labute approximate surface area is 133 Å². The van der Waals surface area contributed by atoms with Crippen molar-refractivity contribution in [1.82, 2.24) is 10.6 Å². The molecular formula is C17H20N2O4. The summed E-state index contributed by atoms with van der Waals surface area (Å²) in [6.07, 6.45) is 1.06. The molecular weight excluding hydrogens is 296 g/mol. The van der Waals surface area contributed by atoms with Crippen molar-refractivity contribution in [3.05, 3.63) is 35.6 Å². The molecule has 6 heteroatoms. The third-order valence-corrected chi connectivity index (χ3v) is 4.42. The number of carboxylic acid groups (broad SMARTS) is 1. The van der Waals surface area contributed by atoms with Crippen LogP contribution in [-0.2, 0) is 16.1 Å². The molecule has 1 aliphatic heterocycles. The minimum absolute atomic E-state index is 0.0500. The number of carboxylic acids is 1. The number of amides is 1. The number of carbonyl (C=O) groups is 2. The Morgan fingerprint density at radius 3 is 2.83 bits per heavy atom. The number of fused-ring (bicyclic) bond motifs is 1. The summed E-state index contributed by atoms with van der Waals surface area (Å²) >= 11 is 0. The second-order valence-electron chi connectivity index (χ2n) is 5.92. The normalized spacial score (nSPS) is 21.3. The summed E-state index contributed by atoms with van der Waals surface area (Å²) in [5, 5.41) is 15.8. The predicted octanol–water partition coefficient (Wildman–Crippen LogP) is 1.81. The molecule has 2 atom stereocenters. The molecule has 3 N–H and O–H groups in total. The number of hydrogen-bond donors (Lipinski definition) is 3. The minimum atomic E-state index is -0.857. The van der Waals surface area contributed by atoms with Crippen molar-refractivity contribution in [3.63, 3.8) is 0 Å². The Bertz CT molecular complexity index is 729. The summed E-state index contributed by atoms with van der Waals surface area (Å²) in [6, 6.07) is 7.21. The van der Waals surface area contributed by atoms with Gasteiger partial charge in [0, 0.05) is 24.0 Å². The van der Waals surface area contributed by atoms with Crippen LogP contribution in [-0.4, -0.2) is 29.6 Å². The number of carbonyl (C=O) groups excluding carboxylic acids is 1. The topological polar surface area (TPSA) is 91.6 Å². The molecule has 0 aliphatic carbocycles. The molecule has 3 rings (SSSR count). The van der Waals surface area contributed by atoms with E-state index in [4.69, 9.17) is 9.52 Å². The van der Waals surface area contributed by atoms with E-state index < -0.39 is 12.0 Å². The lowest BCUT2D eigenvalue weighted by atomic mass is 9.94. The summed E-state index contributed by atoms with van der Waals surface area (Å²) in [7, 11) is 0. The SMILES string of the molecule is Cc1oc2ccccc2c1CNC(=O)C1CCC(C(=O)O)NC1. The highest BCUT2D eigenvalue weighted by molar-refractivity contribution is 5.84. The van der Waals surface area contributed by atoms with Gasteiger partial charge in [-0.2, -0.15) is 0 Å². The zero-order chi connectivity index (χ0) is 16.4. The van der Waals surface area contributed by atoms with E-state index in [1.807, 2.05) is 31.2 Å². The predicted molar refractivity (Wildman–Crippen MR) is 84.9 cm³/mol. The first kappa shape index (κ1) is 15.6. The summed E-state index contributed by atoms with van der Waals surface area (Å²) in [5.41, 5.74) is 1.80. The molecule has 0 radical (unpaired) electrons. The number of furan rings is 1. The molecule has 1 fully saturated rings. The third kappa shape index (κ3) is 3.22. The first-order chi connectivity index (χ1) is 11.1. The van der Waals surface area contributed by atoms with Gasteiger partial charge >= 0.3 is 5.97 Å². The van der Waals surface area contributed by atoms with Crippen molar-refractivity contribution in [1.29, 1.82) is 0 Å². The average Bonchev–Trinajstić information content (AvgIpc) is 2.88. The summed E-state index contributed by atoms with van der Waals surface area (Å²) < 4.78 is 5.69. The number of aliphatic carboxylic acids is 1. The van der Waals surface area contributed by atoms with Crippen LogP contribution in [0.2, 0.25) is 0 Å². The van der Waals surface area contributed by atoms with Crippen LogP contribution >= 0.6 is 0 Å². The highest BCUT2D eigenvalue weighted by Crippen LogP contribution is 2.25. The lowest BCUT2D eigenvalue weighted by Gasteiger charge is -2.26. The van der Waals surface area contributed by atoms with Gasteiger partial charge in [-0.15, -0.1) is 0 Å². The molecule has 2 heterocycles. The largest absolute Gasteiger partial charge is 0.480 e. The molecule has 2 unspecified atom stereocenters. The Morgan fingerprint density at radius 1 is 1.35 bits per heavy atom. The number of piperidine rings is 1. The maximum Gasteiger partial charge on any atom is 0.320 e. The first-order valence-electron chi connectivity index (χ1n) is 7.77. The second kappa shape index (κ2) is 6.42. The van der Waals surface area contributed by atoms with Crippen LogP contribution in [0, 0.1) is 12.8 Å². The van der Waals surface area contributed by atoms with Crippen molar-refractivity contribution in [2.24, 2.45) is 5.92 Å². The molecule has 122 valence electrons. The van der Waals surface area contributed by atoms with Crippen molar-refractivity contribution < 1.29 is 19.1 Å². The highest BCUT2D eigenvalue weighted by Gasteiger charge is 2.29. The maximum absolute atomic E-state index is 12.3. The molecule has 0 saturated carbocycles. The number of rotatable bonds is 4. The Hall–Kier alpha value is -2.34. The van der Waals surface area contributed by atoms with E-state index in [9.17, 15) is 9.59 Å². The maximum atomic E-state index is 12.3. The molecule has 1 aromatic carbocycles. The van der Waals surface area contributed by atoms with Crippen LogP contribution in [0.15, 0.2) is 28.7 Å². The molecule has 1 amide bonds. The van der Waals surface area contributed by atoms with E-state index in [1.165, 1.54) is 0 Å². The van der Waals surface area contributed by atoms with Crippen LogP contribution < -0.4 is 10.6 Å². The quantitative estimate of drug-likeness (QED) is 0.800. The van der Waals surface area contributed by atoms with Gasteiger partial charge in [0.1, 0.15) is 17.4 Å². The van der Waals surface area contributed by atoms with Crippen LogP contribution in [0.4, 0.5) is 0 Å². The lowest BCUT2D eigenvalue weighted by Crippen LogP contribution is -2.48. The average molecular weight is 316 g/mol. The van der Waals surface area contributed by atoms with E-state index >= 15 is 0 Å². The molecule has 23 heavy (non-hydrogen) atoms. The van der Waals surface area contributed by atoms with Gasteiger partial charge in [0.25, 0.3) is 0 Å². The second-order valence-corrected chi connectivity index (χ2v) is 5.92. The molecule has 0 spiro atoms. The number of nitrogens with one attached hydrogen (secondary N) is 2. The van der Waals surface area contributed by atoms with Crippen LogP contribution in [0.25, 0.3) is 11.0 Å². The molecule has 1 aliphatic rings. The van der Waals surface area contributed by atoms with E-state index in [1.54, 1.807) is 0 Å².